The molecule has 2 bridgehead atoms. The van der Waals surface area contributed by atoms with Gasteiger partial charge in [0.05, 0.1) is 67.2 Å². The number of ether oxygens (including phenoxy) is 4. The summed E-state index contributed by atoms with van der Waals surface area (Å²) in [6, 6.07) is -1.07. The molecule has 3 aliphatic rings. The molecule has 0 aliphatic carbocycles. The summed E-state index contributed by atoms with van der Waals surface area (Å²) < 4.78 is 23.6. The molecule has 2 fully saturated rings. The zero-order valence-electron chi connectivity index (χ0n) is 37.5. The summed E-state index contributed by atoms with van der Waals surface area (Å²) in [4.78, 5) is 25.1. The quantitative estimate of drug-likeness (QED) is 0.181. The maximum absolute atomic E-state index is 12.7. The number of aliphatic hydroxyl groups is 7. The maximum atomic E-state index is 12.7. The lowest BCUT2D eigenvalue weighted by atomic mass is 9.82. The number of rotatable bonds is 3. The van der Waals surface area contributed by atoms with Gasteiger partial charge in [-0.2, -0.15) is 0 Å². The summed E-state index contributed by atoms with van der Waals surface area (Å²) in [6.07, 6.45) is 14.3. The van der Waals surface area contributed by atoms with Gasteiger partial charge in [-0.15, -0.1) is 0 Å². The monoisotopic (exact) mass is 890 g/mol. The summed E-state index contributed by atoms with van der Waals surface area (Å²) in [5.74, 6) is -4.26. The molecule has 356 valence electrons. The van der Waals surface area contributed by atoms with Crippen LogP contribution in [0.1, 0.15) is 98.8 Å². The fraction of sp³-hybridized carbons (Fsp3) is 0.667. The molecule has 2 saturated heterocycles. The molecule has 0 aromatic heterocycles. The number of carboxylic acid groups (broad SMARTS) is 1. The van der Waals surface area contributed by atoms with Crippen LogP contribution in [0, 0.1) is 23.7 Å². The van der Waals surface area contributed by atoms with E-state index in [4.69, 9.17) is 24.7 Å². The second-order valence-electron chi connectivity index (χ2n) is 17.6. The van der Waals surface area contributed by atoms with E-state index in [9.17, 15) is 50.4 Å². The van der Waals surface area contributed by atoms with E-state index in [0.29, 0.717) is 0 Å². The van der Waals surface area contributed by atoms with Crippen molar-refractivity contribution in [3.8, 4) is 0 Å². The Labute approximate surface area is 373 Å². The third-order valence-corrected chi connectivity index (χ3v) is 12.5. The van der Waals surface area contributed by atoms with Crippen molar-refractivity contribution in [3.05, 3.63) is 85.1 Å². The molecule has 0 saturated carbocycles. The minimum Gasteiger partial charge on any atom is -0.481 e. The highest BCUT2D eigenvalue weighted by Crippen LogP contribution is 2.38. The molecular formula is C48H75NO14. The van der Waals surface area contributed by atoms with E-state index >= 15 is 0 Å². The number of aliphatic carboxylic acids is 1. The minimum atomic E-state index is -1.91. The largest absolute Gasteiger partial charge is 0.481 e. The molecule has 0 aromatic carbocycles. The Morgan fingerprint density at radius 3 is 1.81 bits per heavy atom. The normalized spacial score (nSPS) is 44.2. The lowest BCUT2D eigenvalue weighted by molar-refractivity contribution is -0.295. The Hall–Kier alpha value is -3.32. The predicted molar refractivity (Wildman–Crippen MR) is 237 cm³/mol. The van der Waals surface area contributed by atoms with Crippen LogP contribution < -0.4 is 5.73 Å². The highest BCUT2D eigenvalue weighted by molar-refractivity contribution is 5.71. The number of carboxylic acids is 1. The third-order valence-electron chi connectivity index (χ3n) is 12.5. The molecule has 5 unspecified atom stereocenters. The first-order valence-electron chi connectivity index (χ1n) is 22.5. The van der Waals surface area contributed by atoms with Crippen molar-refractivity contribution in [1.29, 1.82) is 0 Å². The fourth-order valence-electron chi connectivity index (χ4n) is 8.00. The predicted octanol–water partition coefficient (Wildman–Crippen LogP) is 4.05. The van der Waals surface area contributed by atoms with Crippen molar-refractivity contribution in [2.24, 2.45) is 29.4 Å². The molecule has 3 heterocycles. The van der Waals surface area contributed by atoms with E-state index in [1.54, 1.807) is 37.3 Å². The Kier molecular flexibility index (Phi) is 23.3. The second kappa shape index (κ2) is 27.2. The Balaban J connectivity index is 1.80. The van der Waals surface area contributed by atoms with Gasteiger partial charge in [0.1, 0.15) is 12.2 Å². The van der Waals surface area contributed by atoms with E-state index in [2.05, 4.69) is 19.9 Å². The summed E-state index contributed by atoms with van der Waals surface area (Å²) in [5, 5.41) is 85.5. The van der Waals surface area contributed by atoms with Gasteiger partial charge in [-0.3, -0.25) is 9.59 Å². The number of esters is 1. The van der Waals surface area contributed by atoms with Crippen LogP contribution in [-0.4, -0.2) is 132 Å². The van der Waals surface area contributed by atoms with Gasteiger partial charge in [-0.05, 0) is 70.1 Å². The molecule has 3 rings (SSSR count). The van der Waals surface area contributed by atoms with Gasteiger partial charge in [0.15, 0.2) is 12.1 Å². The van der Waals surface area contributed by atoms with Crippen LogP contribution in [0.15, 0.2) is 85.1 Å². The van der Waals surface area contributed by atoms with Crippen LogP contribution in [0.3, 0.4) is 0 Å². The first-order chi connectivity index (χ1) is 29.8. The number of carbonyl (C=O) groups is 2. The smallest absolute Gasteiger partial charge is 0.309 e. The molecule has 63 heavy (non-hydrogen) atoms. The van der Waals surface area contributed by atoms with Gasteiger partial charge in [-0.25, -0.2) is 0 Å². The Morgan fingerprint density at radius 1 is 0.683 bits per heavy atom. The minimum absolute atomic E-state index is 0.0256. The van der Waals surface area contributed by atoms with Crippen LogP contribution in [0.25, 0.3) is 0 Å². The van der Waals surface area contributed by atoms with Crippen LogP contribution in [0.2, 0.25) is 0 Å². The number of fused-ring (bicyclic) bond motifs is 2. The van der Waals surface area contributed by atoms with Crippen molar-refractivity contribution >= 4 is 11.9 Å². The van der Waals surface area contributed by atoms with Gasteiger partial charge in [0.25, 0.3) is 0 Å². The first kappa shape index (κ1) is 54.0. The average Bonchev–Trinajstić information content (AvgIpc) is 3.21. The molecule has 0 radical (unpaired) electrons. The molecule has 10 N–H and O–H groups in total. The van der Waals surface area contributed by atoms with Crippen molar-refractivity contribution < 1.29 is 69.4 Å². The summed E-state index contributed by atoms with van der Waals surface area (Å²) >= 11 is 0. The Morgan fingerprint density at radius 2 is 1.22 bits per heavy atom. The molecular weight excluding hydrogens is 815 g/mol. The number of aliphatic hydroxyl groups excluding tert-OH is 6. The lowest BCUT2D eigenvalue weighted by Gasteiger charge is -2.43. The number of allylic oxidation sites excluding steroid dienone is 13. The lowest BCUT2D eigenvalue weighted by Crippen LogP contribution is -2.61. The molecule has 0 spiro atoms. The maximum Gasteiger partial charge on any atom is 0.309 e. The fourth-order valence-corrected chi connectivity index (χ4v) is 8.00. The van der Waals surface area contributed by atoms with Gasteiger partial charge in [-0.1, -0.05) is 106 Å². The van der Waals surface area contributed by atoms with Crippen molar-refractivity contribution in [1.82, 2.24) is 0 Å². The molecule has 0 aromatic rings. The van der Waals surface area contributed by atoms with Crippen molar-refractivity contribution in [2.45, 2.75) is 178 Å². The molecule has 3 aliphatic heterocycles. The number of carbonyl (C=O) groups excluding carboxylic acids is 1. The number of hydrogen-bond donors (Lipinski definition) is 9. The average molecular weight is 890 g/mol. The first-order valence-corrected chi connectivity index (χ1v) is 22.5. The third kappa shape index (κ3) is 19.0. The summed E-state index contributed by atoms with van der Waals surface area (Å²) in [5.41, 5.74) is 6.05. The molecule has 15 heteroatoms. The van der Waals surface area contributed by atoms with Crippen LogP contribution >= 0.6 is 0 Å². The topological polar surface area (TPSA) is 259 Å². The van der Waals surface area contributed by atoms with Crippen LogP contribution in [-0.2, 0) is 28.5 Å². The van der Waals surface area contributed by atoms with Crippen molar-refractivity contribution in [3.63, 3.8) is 0 Å². The van der Waals surface area contributed by atoms with E-state index in [1.165, 1.54) is 0 Å². The summed E-state index contributed by atoms with van der Waals surface area (Å²) in [7, 11) is 0. The SMILES string of the molecule is CC1OC(O[C@H]2/C=C/C=C/C=C/C=C/C=C/C=C/C=C/[C@H](C)[C@@H](C)[C@@H](C)[C@H](C)OC(=O)C[C@H](O)C[C@H](O)CC[C@@H](O)CC[C@H](O)C[C@]3(O)CC[C@@H](C(=O)O)[C@H](C2)O3)C(O)C(N)C1O. The molecule has 0 amide bonds. The zero-order valence-corrected chi connectivity index (χ0v) is 37.5. The number of cyclic esters (lactones) is 1. The van der Waals surface area contributed by atoms with Gasteiger partial charge < -0.3 is 65.5 Å². The highest BCUT2D eigenvalue weighted by Gasteiger charge is 2.46. The Bertz CT molecular complexity index is 1590. The van der Waals surface area contributed by atoms with Gasteiger partial charge in [0.2, 0.25) is 0 Å². The molecule has 15 nitrogen and oxygen atoms in total. The van der Waals surface area contributed by atoms with Crippen LogP contribution in [0.5, 0.6) is 0 Å². The summed E-state index contributed by atoms with van der Waals surface area (Å²) in [6.45, 7) is 9.64. The van der Waals surface area contributed by atoms with Gasteiger partial charge >= 0.3 is 11.9 Å². The molecule has 17 atom stereocenters. The van der Waals surface area contributed by atoms with E-state index in [-0.39, 0.29) is 82.0 Å². The second-order valence-corrected chi connectivity index (χ2v) is 17.6. The van der Waals surface area contributed by atoms with Gasteiger partial charge in [0, 0.05) is 19.3 Å². The van der Waals surface area contributed by atoms with E-state index in [1.807, 2.05) is 62.5 Å². The van der Waals surface area contributed by atoms with E-state index < -0.39 is 97.0 Å². The highest BCUT2D eigenvalue weighted by atomic mass is 16.7. The number of nitrogens with two attached hydrogens (primary N) is 1. The van der Waals surface area contributed by atoms with Crippen LogP contribution in [0.4, 0.5) is 0 Å². The zero-order chi connectivity index (χ0) is 46.7. The standard InChI is InChI=1S/C48H75NO14/c1-30-18-16-14-12-10-8-6-7-9-11-13-15-17-19-39(62-47-45(56)43(49)44(55)34(5)61-47)28-41-40(46(57)58)24-25-48(59,63-41)29-37(52)23-21-35(50)20-22-36(51)26-38(53)27-42(54)60-33(4)32(3)31(30)2/h6-19,30-41,43-45,47,50-53,55-56,59H,20-29,49H2,1-5H3,(H,57,58)/b7-6+,10-8+,11-9+,14-12+,15-13+,18-16+,19-17+/t30-,31+,32+,33-,34?,35+,36+,37-,38+,39-,40+,41-,43?,44?,45?,47?,48-/m0/s1. The van der Waals surface area contributed by atoms with Crippen molar-refractivity contribution in [2.75, 3.05) is 0 Å². The number of hydrogen-bond acceptors (Lipinski definition) is 14. The van der Waals surface area contributed by atoms with E-state index in [0.717, 1.165) is 0 Å².